The Morgan fingerprint density at radius 1 is 0.800 bits per heavy atom. The number of carbonyl (C=O) groups excluding carboxylic acids is 3. The van der Waals surface area contributed by atoms with Gasteiger partial charge in [-0.25, -0.2) is 9.78 Å². The van der Waals surface area contributed by atoms with Crippen molar-refractivity contribution >= 4 is 18.0 Å². The Morgan fingerprint density at radius 2 is 1.30 bits per heavy atom. The smallest absolute Gasteiger partial charge is 0.329 e. The van der Waals surface area contributed by atoms with E-state index in [1.165, 1.54) is 10.9 Å². The highest BCUT2D eigenvalue weighted by Crippen LogP contribution is 2.10. The topological polar surface area (TPSA) is 90.7 Å². The van der Waals surface area contributed by atoms with Gasteiger partial charge in [0.05, 0.1) is 13.2 Å². The Labute approximate surface area is 179 Å². The lowest BCUT2D eigenvalue weighted by atomic mass is 10.1. The van der Waals surface area contributed by atoms with E-state index >= 15 is 0 Å². The van der Waals surface area contributed by atoms with Crippen LogP contribution in [0, 0.1) is 0 Å². The molecule has 0 bridgehead atoms. The van der Waals surface area contributed by atoms with Crippen molar-refractivity contribution in [1.29, 1.82) is 0 Å². The van der Waals surface area contributed by atoms with Crippen LogP contribution < -0.4 is 0 Å². The summed E-state index contributed by atoms with van der Waals surface area (Å²) < 4.78 is 11.4. The molecule has 30 heavy (non-hydrogen) atoms. The SMILES string of the molecule is CCOC(=O)CCCCCCN(CCCCCCC(=O)OCC)C(=O)n1ccnc1. The maximum absolute atomic E-state index is 12.7. The van der Waals surface area contributed by atoms with E-state index in [0.717, 1.165) is 51.4 Å². The van der Waals surface area contributed by atoms with Crippen molar-refractivity contribution in [3.63, 3.8) is 0 Å². The van der Waals surface area contributed by atoms with Crippen LogP contribution in [-0.4, -0.2) is 58.7 Å². The summed E-state index contributed by atoms with van der Waals surface area (Å²) in [5.74, 6) is -0.283. The first-order chi connectivity index (χ1) is 14.6. The Bertz CT molecular complexity index is 574. The van der Waals surface area contributed by atoms with Crippen molar-refractivity contribution in [1.82, 2.24) is 14.5 Å². The van der Waals surface area contributed by atoms with E-state index in [4.69, 9.17) is 9.47 Å². The molecule has 0 saturated heterocycles. The molecule has 0 radical (unpaired) electrons. The standard InChI is InChI=1S/C22H37N3O5/c1-3-29-20(26)13-9-5-7-11-16-24(22(28)25-18-15-23-19-25)17-12-8-6-10-14-21(27)30-4-2/h15,18-19H,3-14,16-17H2,1-2H3. The first-order valence-corrected chi connectivity index (χ1v) is 11.2. The normalized spacial score (nSPS) is 10.6. The summed E-state index contributed by atoms with van der Waals surface area (Å²) in [4.78, 5) is 41.2. The maximum Gasteiger partial charge on any atom is 0.329 e. The van der Waals surface area contributed by atoms with Gasteiger partial charge in [-0.2, -0.15) is 0 Å². The van der Waals surface area contributed by atoms with Crippen LogP contribution in [-0.2, 0) is 19.1 Å². The lowest BCUT2D eigenvalue weighted by Gasteiger charge is -2.22. The van der Waals surface area contributed by atoms with Crippen LogP contribution in [0.25, 0.3) is 0 Å². The lowest BCUT2D eigenvalue weighted by molar-refractivity contribution is -0.144. The highest BCUT2D eigenvalue weighted by Gasteiger charge is 2.14. The van der Waals surface area contributed by atoms with E-state index < -0.39 is 0 Å². The minimum absolute atomic E-state index is 0.0643. The van der Waals surface area contributed by atoms with Gasteiger partial charge in [-0.3, -0.25) is 14.2 Å². The lowest BCUT2D eigenvalue weighted by Crippen LogP contribution is -2.35. The minimum Gasteiger partial charge on any atom is -0.466 e. The fraction of sp³-hybridized carbons (Fsp3) is 0.727. The zero-order chi connectivity index (χ0) is 22.0. The first kappa shape index (κ1) is 25.7. The Kier molecular flexibility index (Phi) is 14.0. The average Bonchev–Trinajstić information content (AvgIpc) is 3.26. The number of esters is 2. The van der Waals surface area contributed by atoms with E-state index in [9.17, 15) is 14.4 Å². The van der Waals surface area contributed by atoms with Gasteiger partial charge in [0.2, 0.25) is 0 Å². The molecule has 0 aliphatic rings. The largest absolute Gasteiger partial charge is 0.466 e. The molecule has 0 aromatic carbocycles. The molecule has 0 unspecified atom stereocenters. The Balaban J connectivity index is 2.29. The number of unbranched alkanes of at least 4 members (excludes halogenated alkanes) is 6. The number of amides is 1. The molecule has 0 saturated carbocycles. The number of rotatable bonds is 16. The second-order valence-electron chi connectivity index (χ2n) is 7.18. The van der Waals surface area contributed by atoms with Crippen LogP contribution in [0.3, 0.4) is 0 Å². The Morgan fingerprint density at radius 3 is 1.73 bits per heavy atom. The van der Waals surface area contributed by atoms with E-state index in [1.807, 2.05) is 18.7 Å². The average molecular weight is 424 g/mol. The Hall–Kier alpha value is -2.38. The van der Waals surface area contributed by atoms with Crippen LogP contribution in [0.2, 0.25) is 0 Å². The van der Waals surface area contributed by atoms with Crippen LogP contribution in [0.15, 0.2) is 18.7 Å². The number of nitrogens with zero attached hydrogens (tertiary/aromatic N) is 3. The summed E-state index contributed by atoms with van der Waals surface area (Å²) in [5.41, 5.74) is 0. The molecule has 0 fully saturated rings. The molecule has 1 amide bonds. The van der Waals surface area contributed by atoms with E-state index in [2.05, 4.69) is 4.98 Å². The van der Waals surface area contributed by atoms with Crippen molar-refractivity contribution in [3.05, 3.63) is 18.7 Å². The molecule has 8 heteroatoms. The van der Waals surface area contributed by atoms with Gasteiger partial charge in [-0.1, -0.05) is 25.7 Å². The zero-order valence-corrected chi connectivity index (χ0v) is 18.5. The summed E-state index contributed by atoms with van der Waals surface area (Å²) in [6, 6.07) is -0.0643. The van der Waals surface area contributed by atoms with Gasteiger partial charge in [0.25, 0.3) is 0 Å². The minimum atomic E-state index is -0.141. The second-order valence-corrected chi connectivity index (χ2v) is 7.18. The van der Waals surface area contributed by atoms with Crippen LogP contribution >= 0.6 is 0 Å². The molecule has 1 rings (SSSR count). The van der Waals surface area contributed by atoms with Crippen molar-refractivity contribution in [3.8, 4) is 0 Å². The zero-order valence-electron chi connectivity index (χ0n) is 18.5. The van der Waals surface area contributed by atoms with Crippen LogP contribution in [0.5, 0.6) is 0 Å². The van der Waals surface area contributed by atoms with Gasteiger partial charge in [0, 0.05) is 38.3 Å². The molecular weight excluding hydrogens is 386 g/mol. The van der Waals surface area contributed by atoms with Crippen molar-refractivity contribution < 1.29 is 23.9 Å². The number of carbonyl (C=O) groups is 3. The summed E-state index contributed by atoms with van der Waals surface area (Å²) in [5, 5.41) is 0. The summed E-state index contributed by atoms with van der Waals surface area (Å²) in [7, 11) is 0. The van der Waals surface area contributed by atoms with Gasteiger partial charge in [0.1, 0.15) is 6.33 Å². The van der Waals surface area contributed by atoms with Crippen LogP contribution in [0.4, 0.5) is 4.79 Å². The molecule has 1 aromatic rings. The quantitative estimate of drug-likeness (QED) is 0.293. The molecular formula is C22H37N3O5. The maximum atomic E-state index is 12.7. The number of ether oxygens (including phenoxy) is 2. The summed E-state index contributed by atoms with van der Waals surface area (Å²) in [6.07, 6.45) is 12.9. The van der Waals surface area contributed by atoms with E-state index in [-0.39, 0.29) is 18.0 Å². The highest BCUT2D eigenvalue weighted by molar-refractivity contribution is 5.76. The molecule has 0 spiro atoms. The predicted molar refractivity (Wildman–Crippen MR) is 114 cm³/mol. The molecule has 0 aliphatic carbocycles. The summed E-state index contributed by atoms with van der Waals surface area (Å²) in [6.45, 7) is 5.83. The third kappa shape index (κ3) is 11.6. The number of aromatic nitrogens is 2. The number of hydrogen-bond donors (Lipinski definition) is 0. The number of hydrogen-bond acceptors (Lipinski definition) is 6. The molecule has 0 N–H and O–H groups in total. The third-order valence-corrected chi connectivity index (χ3v) is 4.72. The third-order valence-electron chi connectivity index (χ3n) is 4.72. The second kappa shape index (κ2) is 16.4. The van der Waals surface area contributed by atoms with Crippen LogP contribution in [0.1, 0.15) is 78.1 Å². The van der Waals surface area contributed by atoms with Gasteiger partial charge < -0.3 is 14.4 Å². The van der Waals surface area contributed by atoms with Gasteiger partial charge in [0.15, 0.2) is 0 Å². The fourth-order valence-corrected chi connectivity index (χ4v) is 3.16. The summed E-state index contributed by atoms with van der Waals surface area (Å²) >= 11 is 0. The molecule has 170 valence electrons. The van der Waals surface area contributed by atoms with Crippen molar-refractivity contribution in [2.24, 2.45) is 0 Å². The highest BCUT2D eigenvalue weighted by atomic mass is 16.5. The van der Waals surface area contributed by atoms with Gasteiger partial charge in [-0.05, 0) is 39.5 Å². The van der Waals surface area contributed by atoms with Gasteiger partial charge >= 0.3 is 18.0 Å². The number of imidazole rings is 1. The molecule has 1 aromatic heterocycles. The molecule has 0 atom stereocenters. The predicted octanol–water partition coefficient (Wildman–Crippen LogP) is 4.18. The van der Waals surface area contributed by atoms with E-state index in [0.29, 0.717) is 39.1 Å². The monoisotopic (exact) mass is 423 g/mol. The van der Waals surface area contributed by atoms with Crippen molar-refractivity contribution in [2.45, 2.75) is 78.1 Å². The fourth-order valence-electron chi connectivity index (χ4n) is 3.16. The first-order valence-electron chi connectivity index (χ1n) is 11.2. The van der Waals surface area contributed by atoms with E-state index in [1.54, 1.807) is 12.4 Å². The molecule has 8 nitrogen and oxygen atoms in total. The van der Waals surface area contributed by atoms with Gasteiger partial charge in [-0.15, -0.1) is 0 Å². The van der Waals surface area contributed by atoms with Crippen molar-refractivity contribution in [2.75, 3.05) is 26.3 Å². The molecule has 1 heterocycles. The molecule has 0 aliphatic heterocycles.